The van der Waals surface area contributed by atoms with E-state index in [4.69, 9.17) is 5.73 Å². The van der Waals surface area contributed by atoms with Crippen LogP contribution in [0.25, 0.3) is 0 Å². The van der Waals surface area contributed by atoms with Gasteiger partial charge in [-0.05, 0) is 18.6 Å². The molecule has 1 atom stereocenters. The molecule has 3 rings (SSSR count). The largest absolute Gasteiger partial charge is 0.324 e. The predicted octanol–water partition coefficient (Wildman–Crippen LogP) is 1.72. The summed E-state index contributed by atoms with van der Waals surface area (Å²) in [6.45, 7) is 1.90. The zero-order chi connectivity index (χ0) is 13.4. The number of amides is 1. The van der Waals surface area contributed by atoms with E-state index >= 15 is 0 Å². The summed E-state index contributed by atoms with van der Waals surface area (Å²) in [5, 5.41) is 0. The maximum atomic E-state index is 12.2. The molecular formula is C14H14N4O. The maximum Gasteiger partial charge on any atom is 0.237 e. The standard InChI is InChI=1S/C14H14N4O/c1-9(15)11-4-2-3-5-12(11)18-13(19)6-10-7-16-8-17-14(10)18/h2-5,7-9H,6,15H2,1H3. The van der Waals surface area contributed by atoms with Crippen LogP contribution in [0.15, 0.2) is 36.8 Å². The van der Waals surface area contributed by atoms with E-state index in [1.165, 1.54) is 6.33 Å². The molecule has 1 aromatic heterocycles. The number of carbonyl (C=O) groups excluding carboxylic acids is 1. The van der Waals surface area contributed by atoms with Gasteiger partial charge in [-0.2, -0.15) is 0 Å². The van der Waals surface area contributed by atoms with Crippen molar-refractivity contribution in [3.05, 3.63) is 47.9 Å². The average Bonchev–Trinajstić information content (AvgIpc) is 2.74. The molecule has 1 amide bonds. The van der Waals surface area contributed by atoms with E-state index in [2.05, 4.69) is 9.97 Å². The Balaban J connectivity index is 2.15. The van der Waals surface area contributed by atoms with Gasteiger partial charge in [0.1, 0.15) is 12.1 Å². The van der Waals surface area contributed by atoms with Gasteiger partial charge in [-0.25, -0.2) is 9.97 Å². The molecule has 0 saturated heterocycles. The molecule has 0 saturated carbocycles. The van der Waals surface area contributed by atoms with Crippen LogP contribution >= 0.6 is 0 Å². The van der Waals surface area contributed by atoms with Crippen molar-refractivity contribution < 1.29 is 4.79 Å². The van der Waals surface area contributed by atoms with Gasteiger partial charge in [-0.1, -0.05) is 18.2 Å². The highest BCUT2D eigenvalue weighted by Gasteiger charge is 2.31. The van der Waals surface area contributed by atoms with E-state index in [-0.39, 0.29) is 11.9 Å². The van der Waals surface area contributed by atoms with Crippen LogP contribution in [0.5, 0.6) is 0 Å². The van der Waals surface area contributed by atoms with Crippen molar-refractivity contribution in [3.8, 4) is 0 Å². The van der Waals surface area contributed by atoms with Crippen LogP contribution in [-0.4, -0.2) is 15.9 Å². The van der Waals surface area contributed by atoms with Gasteiger partial charge in [-0.15, -0.1) is 0 Å². The second-order valence-corrected chi connectivity index (χ2v) is 4.63. The van der Waals surface area contributed by atoms with Crippen LogP contribution in [-0.2, 0) is 11.2 Å². The summed E-state index contributed by atoms with van der Waals surface area (Å²) >= 11 is 0. The van der Waals surface area contributed by atoms with Gasteiger partial charge >= 0.3 is 0 Å². The van der Waals surface area contributed by atoms with E-state index in [0.29, 0.717) is 12.2 Å². The second kappa shape index (κ2) is 4.44. The van der Waals surface area contributed by atoms with Crippen molar-refractivity contribution in [3.63, 3.8) is 0 Å². The second-order valence-electron chi connectivity index (χ2n) is 4.63. The lowest BCUT2D eigenvalue weighted by atomic mass is 10.1. The third-order valence-electron chi connectivity index (χ3n) is 3.24. The number of anilines is 2. The molecular weight excluding hydrogens is 240 g/mol. The summed E-state index contributed by atoms with van der Waals surface area (Å²) in [5.74, 6) is 0.664. The van der Waals surface area contributed by atoms with Crippen LogP contribution in [0, 0.1) is 0 Å². The fraction of sp³-hybridized carbons (Fsp3) is 0.214. The molecule has 0 spiro atoms. The summed E-state index contributed by atoms with van der Waals surface area (Å²) in [7, 11) is 0. The molecule has 2 heterocycles. The number of nitrogens with two attached hydrogens (primary N) is 1. The number of nitrogens with zero attached hydrogens (tertiary/aromatic N) is 3. The summed E-state index contributed by atoms with van der Waals surface area (Å²) in [6.07, 6.45) is 3.48. The summed E-state index contributed by atoms with van der Waals surface area (Å²) in [5.41, 5.74) is 8.57. The molecule has 5 heteroatoms. The number of carbonyl (C=O) groups is 1. The van der Waals surface area contributed by atoms with Crippen molar-refractivity contribution >= 4 is 17.4 Å². The molecule has 19 heavy (non-hydrogen) atoms. The molecule has 2 aromatic rings. The Morgan fingerprint density at radius 2 is 2.16 bits per heavy atom. The average molecular weight is 254 g/mol. The third-order valence-corrected chi connectivity index (χ3v) is 3.24. The van der Waals surface area contributed by atoms with E-state index < -0.39 is 0 Å². The van der Waals surface area contributed by atoms with Gasteiger partial charge in [0.05, 0.1) is 12.1 Å². The first-order valence-corrected chi connectivity index (χ1v) is 6.15. The van der Waals surface area contributed by atoms with Gasteiger partial charge < -0.3 is 5.73 Å². The molecule has 1 aliphatic heterocycles. The minimum Gasteiger partial charge on any atom is -0.324 e. The Bertz CT molecular complexity index is 639. The Morgan fingerprint density at radius 1 is 1.37 bits per heavy atom. The Morgan fingerprint density at radius 3 is 2.95 bits per heavy atom. The molecule has 1 aliphatic rings. The molecule has 0 fully saturated rings. The predicted molar refractivity (Wildman–Crippen MR) is 71.9 cm³/mol. The zero-order valence-electron chi connectivity index (χ0n) is 10.6. The van der Waals surface area contributed by atoms with Crippen molar-refractivity contribution in [2.75, 3.05) is 4.90 Å². The summed E-state index contributed by atoms with van der Waals surface area (Å²) in [4.78, 5) is 22.0. The normalized spacial score (nSPS) is 15.5. The van der Waals surface area contributed by atoms with E-state index in [1.54, 1.807) is 11.1 Å². The van der Waals surface area contributed by atoms with Crippen molar-refractivity contribution in [1.82, 2.24) is 9.97 Å². The Kier molecular flexibility index (Phi) is 2.76. The van der Waals surface area contributed by atoms with Crippen LogP contribution in [0.4, 0.5) is 11.5 Å². The fourth-order valence-electron chi connectivity index (χ4n) is 2.36. The topological polar surface area (TPSA) is 72.1 Å². The van der Waals surface area contributed by atoms with Gasteiger partial charge in [0, 0.05) is 17.8 Å². The van der Waals surface area contributed by atoms with Gasteiger partial charge in [0.15, 0.2) is 0 Å². The van der Waals surface area contributed by atoms with Gasteiger partial charge in [0.25, 0.3) is 0 Å². The zero-order valence-corrected chi connectivity index (χ0v) is 10.6. The van der Waals surface area contributed by atoms with Crippen molar-refractivity contribution in [2.24, 2.45) is 5.73 Å². The molecule has 0 bridgehead atoms. The van der Waals surface area contributed by atoms with Gasteiger partial charge in [-0.3, -0.25) is 9.69 Å². The number of benzene rings is 1. The molecule has 2 N–H and O–H groups in total. The van der Waals surface area contributed by atoms with E-state index in [1.807, 2.05) is 31.2 Å². The smallest absolute Gasteiger partial charge is 0.237 e. The first kappa shape index (κ1) is 11.8. The third kappa shape index (κ3) is 1.88. The monoisotopic (exact) mass is 254 g/mol. The SMILES string of the molecule is CC(N)c1ccccc1N1C(=O)Cc2cncnc21. The molecule has 5 nitrogen and oxygen atoms in total. The minimum absolute atomic E-state index is 0.00333. The first-order chi connectivity index (χ1) is 9.18. The minimum atomic E-state index is -0.144. The number of para-hydroxylation sites is 1. The quantitative estimate of drug-likeness (QED) is 0.885. The van der Waals surface area contributed by atoms with Crippen LogP contribution in [0.1, 0.15) is 24.1 Å². The highest BCUT2D eigenvalue weighted by molar-refractivity contribution is 6.06. The highest BCUT2D eigenvalue weighted by Crippen LogP contribution is 2.36. The van der Waals surface area contributed by atoms with E-state index in [0.717, 1.165) is 16.8 Å². The molecule has 0 radical (unpaired) electrons. The summed E-state index contributed by atoms with van der Waals surface area (Å²) < 4.78 is 0. The summed E-state index contributed by atoms with van der Waals surface area (Å²) in [6, 6.07) is 7.51. The lowest BCUT2D eigenvalue weighted by Crippen LogP contribution is -2.24. The number of fused-ring (bicyclic) bond motifs is 1. The molecule has 1 unspecified atom stereocenters. The van der Waals surface area contributed by atoms with Crippen molar-refractivity contribution in [2.45, 2.75) is 19.4 Å². The lowest BCUT2D eigenvalue weighted by molar-refractivity contribution is -0.116. The number of hydrogen-bond acceptors (Lipinski definition) is 4. The first-order valence-electron chi connectivity index (χ1n) is 6.15. The maximum absolute atomic E-state index is 12.2. The van der Waals surface area contributed by atoms with Crippen LogP contribution < -0.4 is 10.6 Å². The molecule has 96 valence electrons. The number of aromatic nitrogens is 2. The molecule has 0 aliphatic carbocycles. The highest BCUT2D eigenvalue weighted by atomic mass is 16.2. The molecule has 1 aromatic carbocycles. The number of hydrogen-bond donors (Lipinski definition) is 1. The lowest BCUT2D eigenvalue weighted by Gasteiger charge is -2.21. The van der Waals surface area contributed by atoms with E-state index in [9.17, 15) is 4.79 Å². The Hall–Kier alpha value is -2.27. The number of rotatable bonds is 2. The fourth-order valence-corrected chi connectivity index (χ4v) is 2.36. The van der Waals surface area contributed by atoms with Crippen LogP contribution in [0.2, 0.25) is 0 Å². The van der Waals surface area contributed by atoms with Crippen LogP contribution in [0.3, 0.4) is 0 Å². The van der Waals surface area contributed by atoms with Gasteiger partial charge in [0.2, 0.25) is 5.91 Å². The van der Waals surface area contributed by atoms with Crippen molar-refractivity contribution in [1.29, 1.82) is 0 Å². The Labute approximate surface area is 111 Å².